The van der Waals surface area contributed by atoms with Gasteiger partial charge < -0.3 is 9.71 Å². The zero-order chi connectivity index (χ0) is 16.4. The molecular weight excluding hydrogens is 338 g/mol. The summed E-state index contributed by atoms with van der Waals surface area (Å²) in [6.07, 6.45) is 6.53. The molecule has 0 aliphatic heterocycles. The molecule has 0 saturated heterocycles. The van der Waals surface area contributed by atoms with Crippen molar-refractivity contribution in [3.8, 4) is 0 Å². The van der Waals surface area contributed by atoms with E-state index in [0.717, 1.165) is 32.5 Å². The van der Waals surface area contributed by atoms with Gasteiger partial charge in [0.15, 0.2) is 0 Å². The maximum atomic E-state index is 6.18. The zero-order valence-corrected chi connectivity index (χ0v) is 15.0. The first-order valence-corrected chi connectivity index (χ1v) is 9.66. The molecule has 0 bridgehead atoms. The van der Waals surface area contributed by atoms with Crippen LogP contribution in [0.1, 0.15) is 43.8 Å². The predicted octanol–water partition coefficient (Wildman–Crippen LogP) is 6.38. The van der Waals surface area contributed by atoms with E-state index in [2.05, 4.69) is 27.9 Å². The van der Waals surface area contributed by atoms with Crippen LogP contribution in [0.2, 0.25) is 5.02 Å². The van der Waals surface area contributed by atoms with Crippen LogP contribution in [0.3, 0.4) is 0 Å². The van der Waals surface area contributed by atoms with Gasteiger partial charge in [-0.15, -0.1) is 0 Å². The molecule has 0 atom stereocenters. The van der Waals surface area contributed by atoms with Crippen molar-refractivity contribution in [1.29, 1.82) is 0 Å². The summed E-state index contributed by atoms with van der Waals surface area (Å²) in [5.74, 6) is 1.76. The molecule has 1 heterocycles. The minimum Gasteiger partial charge on any atom is -0.342 e. The van der Waals surface area contributed by atoms with Crippen molar-refractivity contribution >= 4 is 40.3 Å². The highest BCUT2D eigenvalue weighted by atomic mass is 35.5. The van der Waals surface area contributed by atoms with Gasteiger partial charge >= 0.3 is 0 Å². The van der Waals surface area contributed by atoms with E-state index in [9.17, 15) is 0 Å². The van der Waals surface area contributed by atoms with Crippen LogP contribution in [-0.2, 0) is 0 Å². The van der Waals surface area contributed by atoms with Crippen LogP contribution in [-0.4, -0.2) is 9.97 Å². The summed E-state index contributed by atoms with van der Waals surface area (Å²) in [6.45, 7) is 0. The second kappa shape index (κ2) is 7.08. The molecule has 0 spiro atoms. The monoisotopic (exact) mass is 357 g/mol. The molecule has 2 aromatic carbocycles. The number of aromatic nitrogens is 2. The Bertz CT molecular complexity index is 839. The van der Waals surface area contributed by atoms with Crippen molar-refractivity contribution in [2.24, 2.45) is 0 Å². The Labute approximate surface area is 151 Å². The van der Waals surface area contributed by atoms with Gasteiger partial charge in [0.1, 0.15) is 5.82 Å². The number of anilines is 1. The molecule has 24 heavy (non-hydrogen) atoms. The standard InChI is InChI=1S/C19H20ClN3S/c20-15-8-4-5-9-16(15)23-24-14-10-11-17-18(12-14)22-19(21-17)13-6-2-1-3-7-13/h4-5,8-13,23H,1-3,6-7H2,(H,21,22). The summed E-state index contributed by atoms with van der Waals surface area (Å²) in [7, 11) is 0. The van der Waals surface area contributed by atoms with E-state index in [1.54, 1.807) is 11.9 Å². The van der Waals surface area contributed by atoms with Crippen molar-refractivity contribution in [2.45, 2.75) is 42.9 Å². The summed E-state index contributed by atoms with van der Waals surface area (Å²) in [6, 6.07) is 14.1. The highest BCUT2D eigenvalue weighted by molar-refractivity contribution is 8.00. The predicted molar refractivity (Wildman–Crippen MR) is 103 cm³/mol. The normalized spacial score (nSPS) is 15.7. The molecule has 1 aliphatic carbocycles. The van der Waals surface area contributed by atoms with E-state index < -0.39 is 0 Å². The smallest absolute Gasteiger partial charge is 0.110 e. The Morgan fingerprint density at radius 2 is 1.92 bits per heavy atom. The molecule has 2 N–H and O–H groups in total. The quantitative estimate of drug-likeness (QED) is 0.532. The van der Waals surface area contributed by atoms with Crippen LogP contribution in [0.25, 0.3) is 11.0 Å². The van der Waals surface area contributed by atoms with Crippen molar-refractivity contribution in [3.63, 3.8) is 0 Å². The number of hydrogen-bond donors (Lipinski definition) is 2. The fourth-order valence-electron chi connectivity index (χ4n) is 3.30. The van der Waals surface area contributed by atoms with Crippen molar-refractivity contribution in [1.82, 2.24) is 9.97 Å². The number of nitrogens with zero attached hydrogens (tertiary/aromatic N) is 1. The van der Waals surface area contributed by atoms with Crippen LogP contribution < -0.4 is 4.72 Å². The number of imidazole rings is 1. The number of aromatic amines is 1. The summed E-state index contributed by atoms with van der Waals surface area (Å²) in [4.78, 5) is 9.48. The molecule has 3 nitrogen and oxygen atoms in total. The highest BCUT2D eigenvalue weighted by Gasteiger charge is 2.18. The lowest BCUT2D eigenvalue weighted by atomic mass is 9.89. The Kier molecular flexibility index (Phi) is 4.67. The minimum absolute atomic E-state index is 0.600. The largest absolute Gasteiger partial charge is 0.342 e. The Hall–Kier alpha value is -1.65. The first-order valence-electron chi connectivity index (χ1n) is 8.46. The second-order valence-electron chi connectivity index (χ2n) is 6.32. The number of nitrogens with one attached hydrogen (secondary N) is 2. The van der Waals surface area contributed by atoms with E-state index in [-0.39, 0.29) is 0 Å². The molecule has 0 unspecified atom stereocenters. The molecule has 5 heteroatoms. The molecule has 3 aromatic rings. The van der Waals surface area contributed by atoms with E-state index in [4.69, 9.17) is 16.6 Å². The van der Waals surface area contributed by atoms with Gasteiger partial charge in [-0.25, -0.2) is 4.98 Å². The van der Waals surface area contributed by atoms with Gasteiger partial charge in [-0.3, -0.25) is 0 Å². The van der Waals surface area contributed by atoms with Crippen molar-refractivity contribution < 1.29 is 0 Å². The van der Waals surface area contributed by atoms with Gasteiger partial charge in [0.25, 0.3) is 0 Å². The molecule has 1 aliphatic rings. The van der Waals surface area contributed by atoms with Gasteiger partial charge in [0.05, 0.1) is 21.7 Å². The Balaban J connectivity index is 1.51. The second-order valence-corrected chi connectivity index (χ2v) is 7.61. The molecule has 0 amide bonds. The van der Waals surface area contributed by atoms with Crippen molar-refractivity contribution in [3.05, 3.63) is 53.3 Å². The van der Waals surface area contributed by atoms with E-state index in [1.165, 1.54) is 32.1 Å². The third-order valence-electron chi connectivity index (χ3n) is 4.62. The number of para-hydroxylation sites is 1. The number of rotatable bonds is 4. The van der Waals surface area contributed by atoms with E-state index >= 15 is 0 Å². The number of benzene rings is 2. The number of H-pyrrole nitrogens is 1. The van der Waals surface area contributed by atoms with Crippen molar-refractivity contribution in [2.75, 3.05) is 4.72 Å². The lowest BCUT2D eigenvalue weighted by Gasteiger charge is -2.18. The van der Waals surface area contributed by atoms with Gasteiger partial charge in [-0.1, -0.05) is 43.0 Å². The van der Waals surface area contributed by atoms with Crippen LogP contribution in [0.4, 0.5) is 5.69 Å². The lowest BCUT2D eigenvalue weighted by molar-refractivity contribution is 0.431. The number of halogens is 1. The number of hydrogen-bond acceptors (Lipinski definition) is 3. The van der Waals surface area contributed by atoms with Crippen LogP contribution in [0.5, 0.6) is 0 Å². The maximum absolute atomic E-state index is 6.18. The maximum Gasteiger partial charge on any atom is 0.110 e. The molecule has 1 saturated carbocycles. The topological polar surface area (TPSA) is 40.7 Å². The van der Waals surface area contributed by atoms with Gasteiger partial charge in [0, 0.05) is 10.8 Å². The summed E-state index contributed by atoms with van der Waals surface area (Å²) < 4.78 is 3.31. The van der Waals surface area contributed by atoms with Crippen LogP contribution >= 0.6 is 23.5 Å². The molecule has 4 rings (SSSR count). The highest BCUT2D eigenvalue weighted by Crippen LogP contribution is 2.33. The average molecular weight is 358 g/mol. The van der Waals surface area contributed by atoms with E-state index in [1.807, 2.05) is 24.3 Å². The molecule has 124 valence electrons. The Morgan fingerprint density at radius 3 is 2.75 bits per heavy atom. The Morgan fingerprint density at radius 1 is 1.08 bits per heavy atom. The lowest BCUT2D eigenvalue weighted by Crippen LogP contribution is -2.05. The fourth-order valence-corrected chi connectivity index (χ4v) is 4.26. The average Bonchev–Trinajstić information content (AvgIpc) is 3.05. The zero-order valence-electron chi connectivity index (χ0n) is 13.4. The van der Waals surface area contributed by atoms with Gasteiger partial charge in [-0.05, 0) is 55.1 Å². The third kappa shape index (κ3) is 3.40. The third-order valence-corrected chi connectivity index (χ3v) is 5.76. The first-order chi connectivity index (χ1) is 11.8. The molecular formula is C19H20ClN3S. The SMILES string of the molecule is Clc1ccccc1NSc1ccc2nc(C3CCCCC3)[nH]c2c1. The summed E-state index contributed by atoms with van der Waals surface area (Å²) >= 11 is 7.75. The summed E-state index contributed by atoms with van der Waals surface area (Å²) in [5.41, 5.74) is 3.09. The van der Waals surface area contributed by atoms with Crippen LogP contribution in [0, 0.1) is 0 Å². The molecule has 1 fully saturated rings. The number of fused-ring (bicyclic) bond motifs is 1. The minimum atomic E-state index is 0.600. The van der Waals surface area contributed by atoms with Gasteiger partial charge in [0.2, 0.25) is 0 Å². The van der Waals surface area contributed by atoms with Crippen LogP contribution in [0.15, 0.2) is 47.4 Å². The van der Waals surface area contributed by atoms with Gasteiger partial charge in [-0.2, -0.15) is 0 Å². The van der Waals surface area contributed by atoms with E-state index in [0.29, 0.717) is 5.92 Å². The molecule has 1 aromatic heterocycles. The fraction of sp³-hybridized carbons (Fsp3) is 0.316. The first kappa shape index (κ1) is 15.9. The molecule has 0 radical (unpaired) electrons. The summed E-state index contributed by atoms with van der Waals surface area (Å²) in [5, 5.41) is 0.729.